The molecule has 0 saturated carbocycles. The zero-order valence-electron chi connectivity index (χ0n) is 18.3. The number of nitrogen functional groups attached to an aromatic ring is 1. The number of rotatable bonds is 3. The first-order valence-corrected chi connectivity index (χ1v) is 11.4. The summed E-state index contributed by atoms with van der Waals surface area (Å²) in [6.45, 7) is 3.55. The standard InChI is InChI=1S/C22H24ClF3N6O2/c23-19-29-17-10-32(20(33)31-3-1-21(2-4-31)11-34-12-21)9-16(17)18(30-19)28-8-13-5-14(22(24,25)26)7-15(27)6-13/h5-7H,1-4,8-12,27H2,(H,28,29,30). The highest BCUT2D eigenvalue weighted by Crippen LogP contribution is 2.39. The minimum absolute atomic E-state index is 0.00371. The summed E-state index contributed by atoms with van der Waals surface area (Å²) in [5.74, 6) is 0.394. The molecule has 2 amide bonds. The number of likely N-dealkylation sites (tertiary alicyclic amines) is 1. The molecule has 0 bridgehead atoms. The number of nitrogens with zero attached hydrogens (tertiary/aromatic N) is 4. The lowest BCUT2D eigenvalue weighted by Crippen LogP contribution is -2.53. The molecule has 1 aromatic heterocycles. The topological polar surface area (TPSA) is 96.6 Å². The van der Waals surface area contributed by atoms with Crippen LogP contribution in [0.4, 0.5) is 29.5 Å². The fraction of sp³-hybridized carbons (Fsp3) is 0.500. The molecule has 1 aromatic carbocycles. The first kappa shape index (κ1) is 23.0. The van der Waals surface area contributed by atoms with Crippen molar-refractivity contribution in [1.82, 2.24) is 19.8 Å². The van der Waals surface area contributed by atoms with E-state index in [0.717, 1.165) is 38.2 Å². The van der Waals surface area contributed by atoms with E-state index in [2.05, 4.69) is 15.3 Å². The van der Waals surface area contributed by atoms with Crippen LogP contribution in [0.1, 0.15) is 35.2 Å². The summed E-state index contributed by atoms with van der Waals surface area (Å²) in [6.07, 6.45) is -2.64. The zero-order valence-corrected chi connectivity index (χ0v) is 19.0. The van der Waals surface area contributed by atoms with Gasteiger partial charge in [-0.3, -0.25) is 0 Å². The van der Waals surface area contributed by atoms with E-state index in [1.54, 1.807) is 4.90 Å². The van der Waals surface area contributed by atoms with E-state index >= 15 is 0 Å². The van der Waals surface area contributed by atoms with Crippen LogP contribution < -0.4 is 11.1 Å². The second-order valence-corrected chi connectivity index (χ2v) is 9.54. The van der Waals surface area contributed by atoms with Gasteiger partial charge in [-0.15, -0.1) is 0 Å². The van der Waals surface area contributed by atoms with Crippen LogP contribution in [0.15, 0.2) is 18.2 Å². The molecule has 2 aromatic rings. The van der Waals surface area contributed by atoms with E-state index in [-0.39, 0.29) is 29.0 Å². The Morgan fingerprint density at radius 2 is 1.88 bits per heavy atom. The van der Waals surface area contributed by atoms with Gasteiger partial charge in [-0.2, -0.15) is 13.2 Å². The molecule has 1 spiro atoms. The maximum Gasteiger partial charge on any atom is 0.416 e. The van der Waals surface area contributed by atoms with Crippen molar-refractivity contribution < 1.29 is 22.7 Å². The van der Waals surface area contributed by atoms with E-state index in [1.165, 1.54) is 6.07 Å². The van der Waals surface area contributed by atoms with E-state index in [9.17, 15) is 18.0 Å². The van der Waals surface area contributed by atoms with E-state index in [1.807, 2.05) is 4.90 Å². The minimum atomic E-state index is -4.50. The number of ether oxygens (including phenoxy) is 1. The molecule has 2 saturated heterocycles. The number of aromatic nitrogens is 2. The van der Waals surface area contributed by atoms with Gasteiger partial charge in [0.25, 0.3) is 0 Å². The summed E-state index contributed by atoms with van der Waals surface area (Å²) in [6, 6.07) is 3.34. The fourth-order valence-corrected chi connectivity index (χ4v) is 4.91. The number of carbonyl (C=O) groups is 1. The number of piperidine rings is 1. The van der Waals surface area contributed by atoms with Crippen molar-refractivity contribution in [3.63, 3.8) is 0 Å². The quantitative estimate of drug-likeness (QED) is 0.494. The number of anilines is 2. The number of alkyl halides is 3. The Bertz CT molecular complexity index is 1110. The highest BCUT2D eigenvalue weighted by molar-refractivity contribution is 6.28. The molecule has 5 rings (SSSR count). The highest BCUT2D eigenvalue weighted by Gasteiger charge is 2.43. The Balaban J connectivity index is 1.28. The lowest BCUT2D eigenvalue weighted by Gasteiger charge is -2.47. The summed E-state index contributed by atoms with van der Waals surface area (Å²) in [4.78, 5) is 25.2. The molecule has 0 aliphatic carbocycles. The molecule has 182 valence electrons. The Labute approximate surface area is 199 Å². The maximum absolute atomic E-state index is 13.1. The molecule has 34 heavy (non-hydrogen) atoms. The summed E-state index contributed by atoms with van der Waals surface area (Å²) in [7, 11) is 0. The molecule has 0 unspecified atom stereocenters. The molecule has 3 aliphatic heterocycles. The maximum atomic E-state index is 13.1. The van der Waals surface area contributed by atoms with Gasteiger partial charge in [0.05, 0.1) is 37.6 Å². The molecule has 3 aliphatic rings. The lowest BCUT2D eigenvalue weighted by molar-refractivity contribution is -0.137. The molecule has 8 nitrogen and oxygen atoms in total. The number of urea groups is 1. The third-order valence-corrected chi connectivity index (χ3v) is 6.91. The SMILES string of the molecule is Nc1cc(CNc2nc(Cl)nc3c2CN(C(=O)N2CCC4(CC2)COC4)C3)cc(C(F)(F)F)c1. The predicted octanol–water partition coefficient (Wildman–Crippen LogP) is 3.89. The first-order chi connectivity index (χ1) is 16.1. The minimum Gasteiger partial charge on any atom is -0.399 e. The third-order valence-electron chi connectivity index (χ3n) is 6.74. The highest BCUT2D eigenvalue weighted by atomic mass is 35.5. The molecule has 0 atom stereocenters. The Hall–Kier alpha value is -2.79. The van der Waals surface area contributed by atoms with Crippen molar-refractivity contribution in [2.24, 2.45) is 5.41 Å². The van der Waals surface area contributed by atoms with Crippen molar-refractivity contribution in [2.45, 2.75) is 38.7 Å². The van der Waals surface area contributed by atoms with E-state index < -0.39 is 11.7 Å². The molecule has 4 heterocycles. The van der Waals surface area contributed by atoms with Gasteiger partial charge < -0.3 is 25.6 Å². The van der Waals surface area contributed by atoms with Gasteiger partial charge in [-0.25, -0.2) is 14.8 Å². The summed E-state index contributed by atoms with van der Waals surface area (Å²) in [5.41, 5.74) is 6.78. The normalized spacial score (nSPS) is 19.2. The predicted molar refractivity (Wildman–Crippen MR) is 119 cm³/mol. The molecule has 2 fully saturated rings. The number of hydrogen-bond donors (Lipinski definition) is 2. The van der Waals surface area contributed by atoms with Crippen LogP contribution in [0.3, 0.4) is 0 Å². The second-order valence-electron chi connectivity index (χ2n) is 9.20. The number of nitrogens with one attached hydrogen (secondary N) is 1. The zero-order chi connectivity index (χ0) is 24.1. The summed E-state index contributed by atoms with van der Waals surface area (Å²) in [5, 5.41) is 3.05. The smallest absolute Gasteiger partial charge is 0.399 e. The van der Waals surface area contributed by atoms with E-state index in [0.29, 0.717) is 48.8 Å². The molecular formula is C22H24ClF3N6O2. The third kappa shape index (κ3) is 4.46. The van der Waals surface area contributed by atoms with Gasteiger partial charge in [-0.1, -0.05) is 0 Å². The summed E-state index contributed by atoms with van der Waals surface area (Å²) >= 11 is 6.09. The first-order valence-electron chi connectivity index (χ1n) is 11.0. The van der Waals surface area contributed by atoms with Gasteiger partial charge in [0.15, 0.2) is 0 Å². The van der Waals surface area contributed by atoms with Crippen molar-refractivity contribution in [3.05, 3.63) is 45.9 Å². The number of nitrogens with two attached hydrogens (primary N) is 1. The van der Waals surface area contributed by atoms with Gasteiger partial charge in [0.1, 0.15) is 5.82 Å². The van der Waals surface area contributed by atoms with Crippen molar-refractivity contribution in [2.75, 3.05) is 37.4 Å². The van der Waals surface area contributed by atoms with Crippen molar-refractivity contribution in [1.29, 1.82) is 0 Å². The van der Waals surface area contributed by atoms with Crippen LogP contribution in [-0.4, -0.2) is 52.1 Å². The van der Waals surface area contributed by atoms with Gasteiger partial charge >= 0.3 is 12.2 Å². The molecular weight excluding hydrogens is 473 g/mol. The van der Waals surface area contributed by atoms with Crippen LogP contribution in [0.25, 0.3) is 0 Å². The monoisotopic (exact) mass is 496 g/mol. The number of amides is 2. The number of benzene rings is 1. The molecule has 0 radical (unpaired) electrons. The molecule has 12 heteroatoms. The van der Waals surface area contributed by atoms with Crippen molar-refractivity contribution >= 4 is 29.1 Å². The van der Waals surface area contributed by atoms with Crippen LogP contribution >= 0.6 is 11.6 Å². The van der Waals surface area contributed by atoms with Gasteiger partial charge in [-0.05, 0) is 48.2 Å². The average molecular weight is 497 g/mol. The average Bonchev–Trinajstić information content (AvgIpc) is 3.19. The Morgan fingerprint density at radius 3 is 2.53 bits per heavy atom. The summed E-state index contributed by atoms with van der Waals surface area (Å²) < 4.78 is 44.7. The van der Waals surface area contributed by atoms with E-state index in [4.69, 9.17) is 22.1 Å². The number of carbonyl (C=O) groups excluding carboxylic acids is 1. The second kappa shape index (κ2) is 8.46. The number of halogens is 4. The lowest BCUT2D eigenvalue weighted by atomic mass is 9.77. The largest absolute Gasteiger partial charge is 0.416 e. The van der Waals surface area contributed by atoms with Gasteiger partial charge in [0, 0.05) is 36.3 Å². The van der Waals surface area contributed by atoms with Crippen LogP contribution in [0, 0.1) is 5.41 Å². The van der Waals surface area contributed by atoms with Gasteiger partial charge in [0.2, 0.25) is 5.28 Å². The Morgan fingerprint density at radius 1 is 1.15 bits per heavy atom. The number of hydrogen-bond acceptors (Lipinski definition) is 6. The molecule has 3 N–H and O–H groups in total. The number of fused-ring (bicyclic) bond motifs is 1. The Kier molecular flexibility index (Phi) is 5.71. The van der Waals surface area contributed by atoms with Crippen LogP contribution in [0.2, 0.25) is 5.28 Å². The van der Waals surface area contributed by atoms with Crippen molar-refractivity contribution in [3.8, 4) is 0 Å². The fourth-order valence-electron chi connectivity index (χ4n) is 4.73. The van der Waals surface area contributed by atoms with Crippen LogP contribution in [0.5, 0.6) is 0 Å². The van der Waals surface area contributed by atoms with Crippen LogP contribution in [-0.2, 0) is 30.5 Å².